The maximum absolute atomic E-state index is 12.8. The van der Waals surface area contributed by atoms with Crippen molar-refractivity contribution in [2.75, 3.05) is 11.4 Å². The first-order valence-corrected chi connectivity index (χ1v) is 10.9. The molecule has 3 aromatic rings. The molecule has 1 atom stereocenters. The Labute approximate surface area is 183 Å². The van der Waals surface area contributed by atoms with E-state index in [1.54, 1.807) is 17.0 Å². The first-order valence-electron chi connectivity index (χ1n) is 10.9. The third-order valence-electron chi connectivity index (χ3n) is 5.87. The Kier molecular flexibility index (Phi) is 6.17. The van der Waals surface area contributed by atoms with Crippen molar-refractivity contribution < 1.29 is 14.3 Å². The van der Waals surface area contributed by atoms with E-state index in [4.69, 9.17) is 4.74 Å². The maximum Gasteiger partial charge on any atom is 0.316 e. The summed E-state index contributed by atoms with van der Waals surface area (Å²) in [5.41, 5.74) is 5.42. The van der Waals surface area contributed by atoms with Crippen LogP contribution in [-0.2, 0) is 22.4 Å². The molecule has 1 fully saturated rings. The number of amides is 1. The van der Waals surface area contributed by atoms with Crippen LogP contribution in [0.3, 0.4) is 0 Å². The highest BCUT2D eigenvalue weighted by Crippen LogP contribution is 2.33. The molecule has 0 aliphatic carbocycles. The highest BCUT2D eigenvalue weighted by Gasteiger charge is 2.37. The summed E-state index contributed by atoms with van der Waals surface area (Å²) in [5, 5.41) is 0. The molecule has 0 unspecified atom stereocenters. The van der Waals surface area contributed by atoms with Gasteiger partial charge in [0.2, 0.25) is 5.91 Å². The van der Waals surface area contributed by atoms with Crippen molar-refractivity contribution in [3.05, 3.63) is 83.9 Å². The molecule has 31 heavy (non-hydrogen) atoms. The summed E-state index contributed by atoms with van der Waals surface area (Å²) >= 11 is 0. The highest BCUT2D eigenvalue weighted by atomic mass is 16.5. The van der Waals surface area contributed by atoms with Gasteiger partial charge in [-0.1, -0.05) is 74.5 Å². The number of hydrogen-bond acceptors (Lipinski definition) is 3. The third-order valence-corrected chi connectivity index (χ3v) is 5.87. The van der Waals surface area contributed by atoms with Crippen LogP contribution in [0.4, 0.5) is 5.69 Å². The van der Waals surface area contributed by atoms with Gasteiger partial charge in [0, 0.05) is 18.7 Å². The average Bonchev–Trinajstić information content (AvgIpc) is 3.20. The minimum absolute atomic E-state index is 0.0167. The minimum Gasteiger partial charge on any atom is -0.426 e. The summed E-state index contributed by atoms with van der Waals surface area (Å²) in [7, 11) is 0. The Hall–Kier alpha value is -3.40. The SMILES string of the molecule is CCc1cccc(CC)c1N1C[C@H](C(=O)Oc2ccc(-c3ccccc3)cc2)CC1=O. The van der Waals surface area contributed by atoms with Crippen LogP contribution in [0.2, 0.25) is 0 Å². The molecule has 1 saturated heterocycles. The number of ether oxygens (including phenoxy) is 1. The predicted octanol–water partition coefficient (Wildman–Crippen LogP) is 5.44. The van der Waals surface area contributed by atoms with Crippen LogP contribution in [0.25, 0.3) is 11.1 Å². The van der Waals surface area contributed by atoms with Crippen molar-refractivity contribution >= 4 is 17.6 Å². The number of hydrogen-bond donors (Lipinski definition) is 0. The van der Waals surface area contributed by atoms with Crippen molar-refractivity contribution in [2.24, 2.45) is 5.92 Å². The lowest BCUT2D eigenvalue weighted by molar-refractivity contribution is -0.139. The number of aryl methyl sites for hydroxylation is 2. The van der Waals surface area contributed by atoms with Crippen LogP contribution in [0.1, 0.15) is 31.4 Å². The van der Waals surface area contributed by atoms with Gasteiger partial charge in [0.25, 0.3) is 0 Å². The van der Waals surface area contributed by atoms with Crippen molar-refractivity contribution in [1.29, 1.82) is 0 Å². The van der Waals surface area contributed by atoms with Gasteiger partial charge in [0.1, 0.15) is 5.75 Å². The number of rotatable bonds is 6. The summed E-state index contributed by atoms with van der Waals surface area (Å²) in [6, 6.07) is 23.7. The quantitative estimate of drug-likeness (QED) is 0.399. The number of anilines is 1. The van der Waals surface area contributed by atoms with Gasteiger partial charge in [-0.25, -0.2) is 0 Å². The standard InChI is InChI=1S/C27H27NO3/c1-3-19-11-8-12-20(4-2)26(19)28-18-23(17-25(28)29)27(30)31-24-15-13-22(14-16-24)21-9-6-5-7-10-21/h5-16,23H,3-4,17-18H2,1-2H3/t23-/m1/s1. The largest absolute Gasteiger partial charge is 0.426 e. The average molecular weight is 414 g/mol. The molecular weight excluding hydrogens is 386 g/mol. The summed E-state index contributed by atoms with van der Waals surface area (Å²) in [5.74, 6) is -0.331. The summed E-state index contributed by atoms with van der Waals surface area (Å²) < 4.78 is 5.62. The van der Waals surface area contributed by atoms with Crippen molar-refractivity contribution in [3.63, 3.8) is 0 Å². The molecule has 1 heterocycles. The number of benzene rings is 3. The lowest BCUT2D eigenvalue weighted by atomic mass is 10.0. The van der Waals surface area contributed by atoms with Crippen LogP contribution in [0, 0.1) is 5.92 Å². The maximum atomic E-state index is 12.8. The molecule has 1 aliphatic heterocycles. The van der Waals surface area contributed by atoms with Gasteiger partial charge in [-0.2, -0.15) is 0 Å². The number of nitrogens with zero attached hydrogens (tertiary/aromatic N) is 1. The second kappa shape index (κ2) is 9.17. The molecule has 158 valence electrons. The van der Waals surface area contributed by atoms with Crippen molar-refractivity contribution in [2.45, 2.75) is 33.1 Å². The predicted molar refractivity (Wildman–Crippen MR) is 123 cm³/mol. The zero-order valence-corrected chi connectivity index (χ0v) is 18.0. The topological polar surface area (TPSA) is 46.6 Å². The molecule has 0 saturated carbocycles. The molecule has 0 bridgehead atoms. The van der Waals surface area contributed by atoms with Gasteiger partial charge in [-0.05, 0) is 47.2 Å². The van der Waals surface area contributed by atoms with Crippen LogP contribution in [-0.4, -0.2) is 18.4 Å². The Morgan fingerprint density at radius 1 is 0.871 bits per heavy atom. The van der Waals surface area contributed by atoms with E-state index in [0.29, 0.717) is 12.3 Å². The van der Waals surface area contributed by atoms with Crippen LogP contribution >= 0.6 is 0 Å². The van der Waals surface area contributed by atoms with Crippen LogP contribution < -0.4 is 9.64 Å². The third kappa shape index (κ3) is 4.38. The zero-order chi connectivity index (χ0) is 21.8. The van der Waals surface area contributed by atoms with Gasteiger partial charge < -0.3 is 9.64 Å². The second-order valence-corrected chi connectivity index (χ2v) is 7.85. The molecule has 0 aromatic heterocycles. The molecule has 0 radical (unpaired) electrons. The Balaban J connectivity index is 1.47. The molecule has 0 spiro atoms. The first kappa shape index (κ1) is 20.9. The van der Waals surface area contributed by atoms with Crippen molar-refractivity contribution in [3.8, 4) is 16.9 Å². The molecule has 1 aliphatic rings. The summed E-state index contributed by atoms with van der Waals surface area (Å²) in [6.45, 7) is 4.54. The number of para-hydroxylation sites is 1. The Morgan fingerprint density at radius 2 is 1.48 bits per heavy atom. The van der Waals surface area contributed by atoms with E-state index in [9.17, 15) is 9.59 Å². The summed E-state index contributed by atoms with van der Waals surface area (Å²) in [6.07, 6.45) is 1.87. The molecule has 0 N–H and O–H groups in total. The van der Waals surface area contributed by atoms with E-state index in [0.717, 1.165) is 40.8 Å². The van der Waals surface area contributed by atoms with E-state index in [1.807, 2.05) is 48.5 Å². The molecular formula is C27H27NO3. The van der Waals surface area contributed by atoms with Crippen LogP contribution in [0.5, 0.6) is 5.75 Å². The second-order valence-electron chi connectivity index (χ2n) is 7.85. The lowest BCUT2D eigenvalue weighted by Crippen LogP contribution is -2.29. The zero-order valence-electron chi connectivity index (χ0n) is 18.0. The van der Waals surface area contributed by atoms with E-state index in [-0.39, 0.29) is 18.3 Å². The lowest BCUT2D eigenvalue weighted by Gasteiger charge is -2.23. The normalized spacial score (nSPS) is 15.9. The number of carbonyl (C=O) groups excluding carboxylic acids is 2. The summed E-state index contributed by atoms with van der Waals surface area (Å²) in [4.78, 5) is 27.4. The van der Waals surface area contributed by atoms with Gasteiger partial charge in [0.15, 0.2) is 0 Å². The minimum atomic E-state index is -0.462. The first-order chi connectivity index (χ1) is 15.1. The smallest absolute Gasteiger partial charge is 0.316 e. The number of esters is 1. The molecule has 1 amide bonds. The molecule has 4 nitrogen and oxygen atoms in total. The monoisotopic (exact) mass is 413 g/mol. The van der Waals surface area contributed by atoms with E-state index < -0.39 is 5.92 Å². The van der Waals surface area contributed by atoms with Gasteiger partial charge in [-0.3, -0.25) is 9.59 Å². The van der Waals surface area contributed by atoms with E-state index >= 15 is 0 Å². The van der Waals surface area contributed by atoms with E-state index in [2.05, 4.69) is 26.0 Å². The fourth-order valence-corrected chi connectivity index (χ4v) is 4.19. The fraction of sp³-hybridized carbons (Fsp3) is 0.259. The molecule has 4 heteroatoms. The number of carbonyl (C=O) groups is 2. The van der Waals surface area contributed by atoms with Gasteiger partial charge in [0.05, 0.1) is 5.92 Å². The Bertz CT molecular complexity index is 1050. The molecule has 4 rings (SSSR count). The van der Waals surface area contributed by atoms with Gasteiger partial charge in [-0.15, -0.1) is 0 Å². The fourth-order valence-electron chi connectivity index (χ4n) is 4.19. The van der Waals surface area contributed by atoms with Crippen molar-refractivity contribution in [1.82, 2.24) is 0 Å². The molecule has 3 aromatic carbocycles. The van der Waals surface area contributed by atoms with E-state index in [1.165, 1.54) is 0 Å². The van der Waals surface area contributed by atoms with Gasteiger partial charge >= 0.3 is 5.97 Å². The van der Waals surface area contributed by atoms with Crippen LogP contribution in [0.15, 0.2) is 72.8 Å². The highest BCUT2D eigenvalue weighted by molar-refractivity contribution is 6.01. The Morgan fingerprint density at radius 3 is 2.10 bits per heavy atom.